The van der Waals surface area contributed by atoms with E-state index >= 15 is 0 Å². The number of halogens is 1. The second kappa shape index (κ2) is 9.34. The molecule has 0 saturated heterocycles. The van der Waals surface area contributed by atoms with Crippen molar-refractivity contribution < 1.29 is 14.3 Å². The van der Waals surface area contributed by atoms with Gasteiger partial charge in [0.05, 0.1) is 4.88 Å². The van der Waals surface area contributed by atoms with E-state index < -0.39 is 0 Å². The molecule has 3 rings (SSSR count). The SMILES string of the molecule is O=C(CCNC(=O)c1cccs1)Nc1ccc(Oc2ccc(Br)cc2)cc1. The summed E-state index contributed by atoms with van der Waals surface area (Å²) < 4.78 is 6.73. The van der Waals surface area contributed by atoms with Crippen LogP contribution in [-0.2, 0) is 4.79 Å². The van der Waals surface area contributed by atoms with E-state index in [4.69, 9.17) is 4.74 Å². The zero-order valence-electron chi connectivity index (χ0n) is 14.3. The van der Waals surface area contributed by atoms with Crippen molar-refractivity contribution in [2.24, 2.45) is 0 Å². The van der Waals surface area contributed by atoms with Crippen LogP contribution in [0.15, 0.2) is 70.5 Å². The molecule has 0 aliphatic carbocycles. The van der Waals surface area contributed by atoms with E-state index in [9.17, 15) is 9.59 Å². The summed E-state index contributed by atoms with van der Waals surface area (Å²) in [5.41, 5.74) is 0.674. The molecular weight excluding hydrogens is 428 g/mol. The molecule has 138 valence electrons. The van der Waals surface area contributed by atoms with Gasteiger partial charge in [0.15, 0.2) is 0 Å². The lowest BCUT2D eigenvalue weighted by atomic mass is 10.3. The minimum absolute atomic E-state index is 0.160. The minimum Gasteiger partial charge on any atom is -0.457 e. The molecule has 0 saturated carbocycles. The van der Waals surface area contributed by atoms with Crippen molar-refractivity contribution in [3.63, 3.8) is 0 Å². The van der Waals surface area contributed by atoms with Gasteiger partial charge in [-0.3, -0.25) is 9.59 Å². The van der Waals surface area contributed by atoms with Crippen molar-refractivity contribution >= 4 is 44.8 Å². The summed E-state index contributed by atoms with van der Waals surface area (Å²) in [6.07, 6.45) is 0.203. The van der Waals surface area contributed by atoms with Gasteiger partial charge in [-0.15, -0.1) is 11.3 Å². The van der Waals surface area contributed by atoms with Crippen LogP contribution in [0.5, 0.6) is 11.5 Å². The van der Waals surface area contributed by atoms with Crippen LogP contribution in [0.25, 0.3) is 0 Å². The summed E-state index contributed by atoms with van der Waals surface area (Å²) >= 11 is 4.75. The molecule has 5 nitrogen and oxygen atoms in total. The van der Waals surface area contributed by atoms with E-state index in [1.54, 1.807) is 30.3 Å². The highest BCUT2D eigenvalue weighted by atomic mass is 79.9. The van der Waals surface area contributed by atoms with Gasteiger partial charge in [-0.1, -0.05) is 22.0 Å². The molecule has 0 atom stereocenters. The van der Waals surface area contributed by atoms with Crippen molar-refractivity contribution in [3.8, 4) is 11.5 Å². The minimum atomic E-state index is -0.164. The van der Waals surface area contributed by atoms with Crippen LogP contribution < -0.4 is 15.4 Å². The Hall–Kier alpha value is -2.64. The fourth-order valence-corrected chi connectivity index (χ4v) is 3.16. The first-order valence-electron chi connectivity index (χ1n) is 8.25. The lowest BCUT2D eigenvalue weighted by molar-refractivity contribution is -0.116. The number of amides is 2. The van der Waals surface area contributed by atoms with Crippen LogP contribution in [-0.4, -0.2) is 18.4 Å². The molecule has 2 N–H and O–H groups in total. The Morgan fingerprint density at radius 2 is 1.63 bits per heavy atom. The van der Waals surface area contributed by atoms with E-state index in [0.717, 1.165) is 10.2 Å². The normalized spacial score (nSPS) is 10.3. The monoisotopic (exact) mass is 444 g/mol. The molecule has 2 amide bonds. The Labute approximate surface area is 169 Å². The van der Waals surface area contributed by atoms with Crippen LogP contribution in [0, 0.1) is 0 Å². The Morgan fingerprint density at radius 3 is 2.26 bits per heavy atom. The van der Waals surface area contributed by atoms with Gasteiger partial charge in [0.25, 0.3) is 5.91 Å². The van der Waals surface area contributed by atoms with Crippen molar-refractivity contribution in [3.05, 3.63) is 75.4 Å². The van der Waals surface area contributed by atoms with E-state index in [0.29, 0.717) is 16.3 Å². The molecule has 2 aromatic carbocycles. The Morgan fingerprint density at radius 1 is 0.963 bits per heavy atom. The molecule has 0 radical (unpaired) electrons. The molecule has 0 aliphatic rings. The maximum atomic E-state index is 12.0. The number of carbonyl (C=O) groups excluding carboxylic acids is 2. The fraction of sp³-hybridized carbons (Fsp3) is 0.100. The van der Waals surface area contributed by atoms with Gasteiger partial charge >= 0.3 is 0 Å². The molecule has 0 unspecified atom stereocenters. The number of nitrogens with one attached hydrogen (secondary N) is 2. The van der Waals surface area contributed by atoms with E-state index in [1.807, 2.05) is 35.7 Å². The van der Waals surface area contributed by atoms with Gasteiger partial charge in [0.1, 0.15) is 11.5 Å². The summed E-state index contributed by atoms with van der Waals surface area (Å²) in [6.45, 7) is 0.285. The van der Waals surface area contributed by atoms with Crippen molar-refractivity contribution in [1.29, 1.82) is 0 Å². The number of benzene rings is 2. The second-order valence-corrected chi connectivity index (χ2v) is 7.48. The quantitative estimate of drug-likeness (QED) is 0.534. The zero-order valence-corrected chi connectivity index (χ0v) is 16.7. The largest absolute Gasteiger partial charge is 0.457 e. The number of ether oxygens (including phenoxy) is 1. The predicted molar refractivity (Wildman–Crippen MR) is 111 cm³/mol. The number of hydrogen-bond donors (Lipinski definition) is 2. The highest BCUT2D eigenvalue weighted by molar-refractivity contribution is 9.10. The summed E-state index contributed by atoms with van der Waals surface area (Å²) in [4.78, 5) is 24.4. The molecule has 1 heterocycles. The maximum absolute atomic E-state index is 12.0. The molecule has 0 fully saturated rings. The number of hydrogen-bond acceptors (Lipinski definition) is 4. The molecule has 3 aromatic rings. The molecule has 0 aliphatic heterocycles. The summed E-state index contributed by atoms with van der Waals surface area (Å²) in [6, 6.07) is 18.2. The first-order chi connectivity index (χ1) is 13.1. The lowest BCUT2D eigenvalue weighted by Crippen LogP contribution is -2.27. The third-order valence-electron chi connectivity index (χ3n) is 3.57. The van der Waals surface area contributed by atoms with E-state index in [1.165, 1.54) is 11.3 Å². The summed E-state index contributed by atoms with van der Waals surface area (Å²) in [7, 11) is 0. The molecular formula is C20H17BrN2O3S. The molecule has 1 aromatic heterocycles. The van der Waals surface area contributed by atoms with Crippen molar-refractivity contribution in [2.75, 3.05) is 11.9 Å². The maximum Gasteiger partial charge on any atom is 0.261 e. The average molecular weight is 445 g/mol. The molecule has 7 heteroatoms. The molecule has 0 spiro atoms. The van der Waals surface area contributed by atoms with Gasteiger partial charge < -0.3 is 15.4 Å². The average Bonchev–Trinajstić information content (AvgIpc) is 3.20. The van der Waals surface area contributed by atoms with Gasteiger partial charge in [0.2, 0.25) is 5.91 Å². The highest BCUT2D eigenvalue weighted by Crippen LogP contribution is 2.24. The predicted octanol–water partition coefficient (Wildman–Crippen LogP) is 5.06. The van der Waals surface area contributed by atoms with Gasteiger partial charge in [-0.05, 0) is 60.0 Å². The van der Waals surface area contributed by atoms with Crippen LogP contribution in [0.3, 0.4) is 0 Å². The first-order valence-corrected chi connectivity index (χ1v) is 9.92. The standard InChI is InChI=1S/C20H17BrN2O3S/c21-14-3-7-16(8-4-14)26-17-9-5-15(6-10-17)23-19(24)11-12-22-20(25)18-2-1-13-27-18/h1-10,13H,11-12H2,(H,22,25)(H,23,24). The number of thiophene rings is 1. The van der Waals surface area contributed by atoms with Gasteiger partial charge in [-0.25, -0.2) is 0 Å². The third-order valence-corrected chi connectivity index (χ3v) is 4.97. The third kappa shape index (κ3) is 5.94. The van der Waals surface area contributed by atoms with Crippen LogP contribution in [0.1, 0.15) is 16.1 Å². The fourth-order valence-electron chi connectivity index (χ4n) is 2.25. The lowest BCUT2D eigenvalue weighted by Gasteiger charge is -2.08. The van der Waals surface area contributed by atoms with Crippen molar-refractivity contribution in [2.45, 2.75) is 6.42 Å². The van der Waals surface area contributed by atoms with Gasteiger partial charge in [0, 0.05) is 23.1 Å². The Kier molecular flexibility index (Phi) is 6.62. The summed E-state index contributed by atoms with van der Waals surface area (Å²) in [5, 5.41) is 7.37. The second-order valence-electron chi connectivity index (χ2n) is 5.61. The van der Waals surface area contributed by atoms with Crippen LogP contribution >= 0.6 is 27.3 Å². The van der Waals surface area contributed by atoms with Crippen LogP contribution in [0.4, 0.5) is 5.69 Å². The topological polar surface area (TPSA) is 67.4 Å². The summed E-state index contributed by atoms with van der Waals surface area (Å²) in [5.74, 6) is 1.09. The first kappa shape index (κ1) is 19.1. The Balaban J connectivity index is 1.44. The number of carbonyl (C=O) groups is 2. The number of rotatable bonds is 7. The van der Waals surface area contributed by atoms with E-state index in [2.05, 4.69) is 26.6 Å². The zero-order chi connectivity index (χ0) is 19.1. The van der Waals surface area contributed by atoms with Crippen LogP contribution in [0.2, 0.25) is 0 Å². The molecule has 27 heavy (non-hydrogen) atoms. The van der Waals surface area contributed by atoms with Gasteiger partial charge in [-0.2, -0.15) is 0 Å². The smallest absolute Gasteiger partial charge is 0.261 e. The molecule has 0 bridgehead atoms. The van der Waals surface area contributed by atoms with E-state index in [-0.39, 0.29) is 24.8 Å². The highest BCUT2D eigenvalue weighted by Gasteiger charge is 2.08. The number of anilines is 1. The van der Waals surface area contributed by atoms with Crippen molar-refractivity contribution in [1.82, 2.24) is 5.32 Å². The Bertz CT molecular complexity index is 894.